The molecule has 29 heavy (non-hydrogen) atoms. The molecule has 0 amide bonds. The van der Waals surface area contributed by atoms with Gasteiger partial charge >= 0.3 is 0 Å². The third-order valence-corrected chi connectivity index (χ3v) is 5.61. The summed E-state index contributed by atoms with van der Waals surface area (Å²) >= 11 is 11.3. The van der Waals surface area contributed by atoms with E-state index in [1.54, 1.807) is 7.11 Å². The molecule has 0 unspecified atom stereocenters. The summed E-state index contributed by atoms with van der Waals surface area (Å²) in [7, 11) is 1.63. The Morgan fingerprint density at radius 1 is 1.21 bits per heavy atom. The normalized spacial score (nSPS) is 18.1. The Labute approximate surface area is 180 Å². The molecule has 0 radical (unpaired) electrons. The predicted octanol–water partition coefficient (Wildman–Crippen LogP) is 4.64. The summed E-state index contributed by atoms with van der Waals surface area (Å²) in [6.45, 7) is 1.42. The lowest BCUT2D eigenvalue weighted by molar-refractivity contribution is -0.143. The third kappa shape index (κ3) is 4.80. The van der Waals surface area contributed by atoms with Gasteiger partial charge in [-0.1, -0.05) is 35.0 Å². The highest BCUT2D eigenvalue weighted by atomic mass is 35.5. The topological polar surface area (TPSA) is 55.3 Å². The lowest BCUT2D eigenvalue weighted by atomic mass is 9.86. The van der Waals surface area contributed by atoms with Gasteiger partial charge in [0, 0.05) is 49.1 Å². The van der Waals surface area contributed by atoms with Crippen LogP contribution in [0.2, 0.25) is 5.02 Å². The Hall–Kier alpha value is -2.35. The van der Waals surface area contributed by atoms with Crippen molar-refractivity contribution in [3.8, 4) is 5.75 Å². The van der Waals surface area contributed by atoms with Gasteiger partial charge in [-0.15, -0.1) is 5.06 Å². The van der Waals surface area contributed by atoms with Crippen molar-refractivity contribution in [2.24, 2.45) is 5.16 Å². The SMILES string of the molecule is COc1cccc(NC(=S)ON2CCC3(CC2)CC(c2ccc(Cl)cc2)=NO3)c1. The fourth-order valence-electron chi connectivity index (χ4n) is 3.53. The van der Waals surface area contributed by atoms with Crippen molar-refractivity contribution in [2.75, 3.05) is 25.5 Å². The van der Waals surface area contributed by atoms with Crippen LogP contribution in [0, 0.1) is 0 Å². The summed E-state index contributed by atoms with van der Waals surface area (Å²) in [6.07, 6.45) is 2.42. The van der Waals surface area contributed by atoms with Gasteiger partial charge in [-0.25, -0.2) is 0 Å². The van der Waals surface area contributed by atoms with Crippen LogP contribution in [0.1, 0.15) is 24.8 Å². The van der Waals surface area contributed by atoms with Crippen molar-refractivity contribution in [3.05, 3.63) is 59.1 Å². The second kappa shape index (κ2) is 8.57. The van der Waals surface area contributed by atoms with E-state index in [2.05, 4.69) is 10.5 Å². The lowest BCUT2D eigenvalue weighted by Crippen LogP contribution is -2.45. The summed E-state index contributed by atoms with van der Waals surface area (Å²) < 4.78 is 5.22. The van der Waals surface area contributed by atoms with E-state index in [0.717, 1.165) is 42.0 Å². The quantitative estimate of drug-likeness (QED) is 0.712. The summed E-state index contributed by atoms with van der Waals surface area (Å²) in [4.78, 5) is 11.7. The fraction of sp³-hybridized carbons (Fsp3) is 0.333. The van der Waals surface area contributed by atoms with Gasteiger partial charge in [0.2, 0.25) is 0 Å². The van der Waals surface area contributed by atoms with Crippen molar-refractivity contribution in [3.63, 3.8) is 0 Å². The monoisotopic (exact) mass is 431 g/mol. The first-order chi connectivity index (χ1) is 14.0. The van der Waals surface area contributed by atoms with Crippen LogP contribution in [0.15, 0.2) is 53.7 Å². The van der Waals surface area contributed by atoms with Gasteiger partial charge in [0.1, 0.15) is 11.4 Å². The molecule has 1 fully saturated rings. The van der Waals surface area contributed by atoms with Crippen molar-refractivity contribution in [1.82, 2.24) is 5.06 Å². The Bertz CT molecular complexity index is 912. The van der Waals surface area contributed by atoms with Crippen LogP contribution < -0.4 is 10.1 Å². The molecule has 0 aromatic heterocycles. The maximum atomic E-state index is 5.97. The van der Waals surface area contributed by atoms with E-state index >= 15 is 0 Å². The number of benzene rings is 2. The van der Waals surface area contributed by atoms with Crippen LogP contribution in [-0.4, -0.2) is 41.7 Å². The van der Waals surface area contributed by atoms with E-state index in [4.69, 9.17) is 38.2 Å². The number of methoxy groups -OCH3 is 1. The van der Waals surface area contributed by atoms with Crippen LogP contribution >= 0.6 is 23.8 Å². The summed E-state index contributed by atoms with van der Waals surface area (Å²) in [5.41, 5.74) is 2.57. The highest BCUT2D eigenvalue weighted by Crippen LogP contribution is 2.36. The van der Waals surface area contributed by atoms with Crippen LogP contribution in [-0.2, 0) is 9.68 Å². The van der Waals surface area contributed by atoms with Crippen molar-refractivity contribution in [1.29, 1.82) is 0 Å². The predicted molar refractivity (Wildman–Crippen MR) is 118 cm³/mol. The Kier molecular flexibility index (Phi) is 5.89. The Morgan fingerprint density at radius 3 is 2.69 bits per heavy atom. The number of nitrogens with one attached hydrogen (secondary N) is 1. The number of halogens is 1. The number of piperidine rings is 1. The molecule has 0 bridgehead atoms. The summed E-state index contributed by atoms with van der Waals surface area (Å²) in [5.74, 6) is 0.757. The van der Waals surface area contributed by atoms with Gasteiger partial charge in [0.05, 0.1) is 12.8 Å². The summed E-state index contributed by atoms with van der Waals surface area (Å²) in [5, 5.41) is 10.3. The largest absolute Gasteiger partial charge is 0.497 e. The molecular weight excluding hydrogens is 410 g/mol. The van der Waals surface area contributed by atoms with E-state index < -0.39 is 0 Å². The zero-order valence-electron chi connectivity index (χ0n) is 16.1. The van der Waals surface area contributed by atoms with Gasteiger partial charge < -0.3 is 19.7 Å². The van der Waals surface area contributed by atoms with E-state index in [0.29, 0.717) is 23.3 Å². The molecule has 4 rings (SSSR count). The molecule has 2 aliphatic heterocycles. The first-order valence-corrected chi connectivity index (χ1v) is 10.2. The lowest BCUT2D eigenvalue weighted by Gasteiger charge is -2.36. The van der Waals surface area contributed by atoms with Crippen molar-refractivity contribution in [2.45, 2.75) is 24.9 Å². The highest BCUT2D eigenvalue weighted by molar-refractivity contribution is 7.80. The fourth-order valence-corrected chi connectivity index (χ4v) is 3.88. The molecule has 1 spiro atoms. The number of hydrogen-bond acceptors (Lipinski definition) is 6. The van der Waals surface area contributed by atoms with Crippen molar-refractivity contribution >= 4 is 40.4 Å². The minimum absolute atomic E-state index is 0.267. The number of thiocarbonyl (C=S) groups is 1. The van der Waals surface area contributed by atoms with Crippen molar-refractivity contribution < 1.29 is 14.4 Å². The molecule has 2 aromatic rings. The first-order valence-electron chi connectivity index (χ1n) is 9.44. The maximum absolute atomic E-state index is 5.97. The average molecular weight is 432 g/mol. The van der Waals surface area contributed by atoms with Crippen LogP contribution in [0.4, 0.5) is 5.69 Å². The van der Waals surface area contributed by atoms with E-state index in [1.165, 1.54) is 0 Å². The number of hydrogen-bond donors (Lipinski definition) is 1. The summed E-state index contributed by atoms with van der Waals surface area (Å²) in [6, 6.07) is 15.2. The van der Waals surface area contributed by atoms with E-state index in [-0.39, 0.29) is 5.60 Å². The van der Waals surface area contributed by atoms with E-state index in [1.807, 2.05) is 53.6 Å². The molecule has 8 heteroatoms. The molecule has 0 atom stereocenters. The molecule has 1 saturated heterocycles. The van der Waals surface area contributed by atoms with Gasteiger partial charge in [-0.2, -0.15) is 0 Å². The second-order valence-electron chi connectivity index (χ2n) is 7.16. The molecule has 2 aliphatic rings. The zero-order valence-corrected chi connectivity index (χ0v) is 17.6. The molecule has 0 aliphatic carbocycles. The highest BCUT2D eigenvalue weighted by Gasteiger charge is 2.43. The standard InChI is InChI=1S/C21H22ClN3O3S/c1-26-18-4-2-3-17(13-18)23-20(29)27-25-11-9-21(10-12-25)14-19(24-28-21)15-5-7-16(22)8-6-15/h2-8,13H,9-12,14H2,1H3,(H,23,29). The molecule has 0 saturated carbocycles. The van der Waals surface area contributed by atoms with E-state index in [9.17, 15) is 0 Å². The number of rotatable bonds is 4. The second-order valence-corrected chi connectivity index (χ2v) is 7.97. The van der Waals surface area contributed by atoms with Gasteiger partial charge in [-0.05, 0) is 42.0 Å². The van der Waals surface area contributed by atoms with Crippen LogP contribution in [0.3, 0.4) is 0 Å². The Morgan fingerprint density at radius 2 is 1.97 bits per heavy atom. The minimum atomic E-state index is -0.267. The van der Waals surface area contributed by atoms with Crippen LogP contribution in [0.5, 0.6) is 5.75 Å². The first kappa shape index (κ1) is 19.9. The number of oxime groups is 1. The smallest absolute Gasteiger partial charge is 0.283 e. The zero-order chi connectivity index (χ0) is 20.3. The number of anilines is 1. The molecule has 6 nitrogen and oxygen atoms in total. The Balaban J connectivity index is 1.27. The number of ether oxygens (including phenoxy) is 1. The third-order valence-electron chi connectivity index (χ3n) is 5.18. The van der Waals surface area contributed by atoms with Gasteiger partial charge in [0.15, 0.2) is 0 Å². The molecular formula is C21H22ClN3O3S. The minimum Gasteiger partial charge on any atom is -0.497 e. The molecule has 152 valence electrons. The molecule has 1 N–H and O–H groups in total. The maximum Gasteiger partial charge on any atom is 0.283 e. The molecule has 2 heterocycles. The van der Waals surface area contributed by atoms with Crippen LogP contribution in [0.25, 0.3) is 0 Å². The molecule has 2 aromatic carbocycles. The van der Waals surface area contributed by atoms with Gasteiger partial charge in [-0.3, -0.25) is 0 Å². The average Bonchev–Trinajstić information content (AvgIpc) is 3.14. The number of nitrogens with zero attached hydrogens (tertiary/aromatic N) is 2. The number of hydroxylamine groups is 2. The van der Waals surface area contributed by atoms with Gasteiger partial charge in [0.25, 0.3) is 5.17 Å².